The molecule has 0 unspecified atom stereocenters. The summed E-state index contributed by atoms with van der Waals surface area (Å²) < 4.78 is 0. The minimum Gasteiger partial charge on any atom is -0.369 e. The van der Waals surface area contributed by atoms with Gasteiger partial charge in [-0.25, -0.2) is 0 Å². The average Bonchev–Trinajstić information content (AvgIpc) is 2.03. The Bertz CT molecular complexity index is 250. The number of likely N-dealkylation sites (N-methyl/N-ethyl adjacent to an activating group) is 1. The molecule has 0 radical (unpaired) electrons. The normalized spacial score (nSPS) is 14.6. The maximum Gasteiger partial charge on any atom is 0.0535 e. The molecular weight excluding hydrogens is 219 g/mol. The second-order valence-corrected chi connectivity index (χ2v) is 3.26. The van der Waals surface area contributed by atoms with E-state index in [4.69, 9.17) is 0 Å². The first-order valence-electron chi connectivity index (χ1n) is 4.36. The summed E-state index contributed by atoms with van der Waals surface area (Å²) in [5, 5.41) is 3.27. The summed E-state index contributed by atoms with van der Waals surface area (Å²) >= 11 is 0. The van der Waals surface area contributed by atoms with Crippen LogP contribution < -0.4 is 10.2 Å². The van der Waals surface area contributed by atoms with Crippen molar-refractivity contribution in [1.29, 1.82) is 0 Å². The van der Waals surface area contributed by atoms with Gasteiger partial charge in [0.2, 0.25) is 0 Å². The Kier molecular flexibility index (Phi) is 5.93. The number of nitrogens with one attached hydrogen (secondary N) is 1. The van der Waals surface area contributed by atoms with Gasteiger partial charge in [0, 0.05) is 25.8 Å². The molecule has 1 aromatic carbocycles. The molecule has 4 heteroatoms. The summed E-state index contributed by atoms with van der Waals surface area (Å²) in [6, 6.07) is 11.2. The first-order valence-corrected chi connectivity index (χ1v) is 4.36. The van der Waals surface area contributed by atoms with Crippen molar-refractivity contribution >= 4 is 30.5 Å². The van der Waals surface area contributed by atoms with Gasteiger partial charge in [-0.1, -0.05) is 18.2 Å². The summed E-state index contributed by atoms with van der Waals surface area (Å²) in [5.74, 6) is 0. The topological polar surface area (TPSA) is 15.3 Å². The predicted octanol–water partition coefficient (Wildman–Crippen LogP) is 1.94. The fraction of sp³-hybridized carbons (Fsp3) is 0.400. The number of benzene rings is 1. The summed E-state index contributed by atoms with van der Waals surface area (Å²) in [4.78, 5) is 2.33. The Morgan fingerprint density at radius 1 is 1.14 bits per heavy atom. The Balaban J connectivity index is 0.000000845. The highest BCUT2D eigenvalue weighted by molar-refractivity contribution is 5.85. The molecule has 1 N–H and O–H groups in total. The van der Waals surface area contributed by atoms with E-state index in [-0.39, 0.29) is 24.8 Å². The minimum atomic E-state index is 0. The maximum atomic E-state index is 3.27. The molecular formula is C10H16Cl2N2. The molecule has 80 valence electrons. The van der Waals surface area contributed by atoms with E-state index in [2.05, 4.69) is 47.6 Å². The summed E-state index contributed by atoms with van der Waals surface area (Å²) in [7, 11) is 2.15. The van der Waals surface area contributed by atoms with E-state index in [0.29, 0.717) is 6.04 Å². The van der Waals surface area contributed by atoms with Crippen LogP contribution in [0.2, 0.25) is 0 Å². The maximum absolute atomic E-state index is 3.27. The molecule has 0 aliphatic carbocycles. The van der Waals surface area contributed by atoms with Crippen molar-refractivity contribution in [3.05, 3.63) is 30.3 Å². The largest absolute Gasteiger partial charge is 0.369 e. The van der Waals surface area contributed by atoms with Gasteiger partial charge in [-0.2, -0.15) is 0 Å². The van der Waals surface area contributed by atoms with Crippen LogP contribution in [-0.2, 0) is 0 Å². The number of hydrogen-bond acceptors (Lipinski definition) is 2. The van der Waals surface area contributed by atoms with Crippen LogP contribution in [0.5, 0.6) is 0 Å². The molecule has 1 saturated heterocycles. The van der Waals surface area contributed by atoms with Crippen molar-refractivity contribution in [2.75, 3.05) is 25.0 Å². The Labute approximate surface area is 97.5 Å². The Hall–Kier alpha value is -0.440. The third kappa shape index (κ3) is 2.77. The van der Waals surface area contributed by atoms with Crippen LogP contribution >= 0.6 is 24.8 Å². The van der Waals surface area contributed by atoms with Crippen molar-refractivity contribution in [2.45, 2.75) is 6.04 Å². The van der Waals surface area contributed by atoms with Gasteiger partial charge in [0.15, 0.2) is 0 Å². The summed E-state index contributed by atoms with van der Waals surface area (Å²) in [6.07, 6.45) is 0. The number of anilines is 1. The van der Waals surface area contributed by atoms with Gasteiger partial charge < -0.3 is 10.2 Å². The molecule has 0 atom stereocenters. The van der Waals surface area contributed by atoms with Gasteiger partial charge in [0.05, 0.1) is 6.04 Å². The van der Waals surface area contributed by atoms with Crippen LogP contribution in [0.15, 0.2) is 30.3 Å². The number of nitrogens with zero attached hydrogens (tertiary/aromatic N) is 1. The van der Waals surface area contributed by atoms with Gasteiger partial charge in [-0.05, 0) is 12.1 Å². The van der Waals surface area contributed by atoms with Crippen LogP contribution in [0.4, 0.5) is 5.69 Å². The highest BCUT2D eigenvalue weighted by Gasteiger charge is 2.21. The fourth-order valence-electron chi connectivity index (χ4n) is 1.42. The molecule has 14 heavy (non-hydrogen) atoms. The zero-order valence-electron chi connectivity index (χ0n) is 8.14. The van der Waals surface area contributed by atoms with Gasteiger partial charge in [-0.15, -0.1) is 24.8 Å². The van der Waals surface area contributed by atoms with E-state index >= 15 is 0 Å². The van der Waals surface area contributed by atoms with Crippen LogP contribution in [-0.4, -0.2) is 26.2 Å². The first-order chi connectivity index (χ1) is 5.88. The number of halogens is 2. The van der Waals surface area contributed by atoms with Crippen LogP contribution in [0.25, 0.3) is 0 Å². The molecule has 0 saturated carbocycles. The second kappa shape index (κ2) is 6.12. The predicted molar refractivity (Wildman–Crippen MR) is 66.0 cm³/mol. The molecule has 1 aliphatic rings. The third-order valence-electron chi connectivity index (χ3n) is 2.47. The molecule has 0 spiro atoms. The first kappa shape index (κ1) is 13.6. The number of rotatable bonds is 2. The fourth-order valence-corrected chi connectivity index (χ4v) is 1.42. The molecule has 1 aliphatic heterocycles. The molecule has 0 aromatic heterocycles. The molecule has 1 aromatic rings. The molecule has 2 nitrogen and oxygen atoms in total. The molecule has 1 heterocycles. The Morgan fingerprint density at radius 3 is 2.14 bits per heavy atom. The van der Waals surface area contributed by atoms with Gasteiger partial charge in [-0.3, -0.25) is 0 Å². The van der Waals surface area contributed by atoms with E-state index in [1.54, 1.807) is 0 Å². The van der Waals surface area contributed by atoms with Crippen LogP contribution in [0, 0.1) is 0 Å². The third-order valence-corrected chi connectivity index (χ3v) is 2.47. The van der Waals surface area contributed by atoms with Crippen molar-refractivity contribution in [2.24, 2.45) is 0 Å². The lowest BCUT2D eigenvalue weighted by molar-refractivity contribution is 0.429. The quantitative estimate of drug-likeness (QED) is 0.842. The lowest BCUT2D eigenvalue weighted by Gasteiger charge is -2.37. The van der Waals surface area contributed by atoms with E-state index in [9.17, 15) is 0 Å². The standard InChI is InChI=1S/C10H14N2.2ClH/c1-12(10-7-11-8-10)9-5-3-2-4-6-9;;/h2-6,10-11H,7-8H2,1H3;2*1H. The number of hydrogen-bond donors (Lipinski definition) is 1. The highest BCUT2D eigenvalue weighted by atomic mass is 35.5. The van der Waals surface area contributed by atoms with E-state index < -0.39 is 0 Å². The van der Waals surface area contributed by atoms with E-state index in [1.165, 1.54) is 5.69 Å². The minimum absolute atomic E-state index is 0. The lowest BCUT2D eigenvalue weighted by Crippen LogP contribution is -2.56. The molecule has 0 amide bonds. The Morgan fingerprint density at radius 2 is 1.71 bits per heavy atom. The molecule has 0 bridgehead atoms. The summed E-state index contributed by atoms with van der Waals surface area (Å²) in [6.45, 7) is 2.23. The van der Waals surface area contributed by atoms with E-state index in [0.717, 1.165) is 13.1 Å². The summed E-state index contributed by atoms with van der Waals surface area (Å²) in [5.41, 5.74) is 1.31. The van der Waals surface area contributed by atoms with Crippen molar-refractivity contribution in [3.63, 3.8) is 0 Å². The van der Waals surface area contributed by atoms with E-state index in [1.807, 2.05) is 0 Å². The van der Waals surface area contributed by atoms with Crippen molar-refractivity contribution in [3.8, 4) is 0 Å². The zero-order chi connectivity index (χ0) is 8.39. The average molecular weight is 235 g/mol. The zero-order valence-corrected chi connectivity index (χ0v) is 9.78. The van der Waals surface area contributed by atoms with Crippen LogP contribution in [0.1, 0.15) is 0 Å². The van der Waals surface area contributed by atoms with Crippen molar-refractivity contribution < 1.29 is 0 Å². The monoisotopic (exact) mass is 234 g/mol. The second-order valence-electron chi connectivity index (χ2n) is 3.26. The van der Waals surface area contributed by atoms with Gasteiger partial charge >= 0.3 is 0 Å². The van der Waals surface area contributed by atoms with Gasteiger partial charge in [0.25, 0.3) is 0 Å². The van der Waals surface area contributed by atoms with Gasteiger partial charge in [0.1, 0.15) is 0 Å². The lowest BCUT2D eigenvalue weighted by atomic mass is 10.1. The van der Waals surface area contributed by atoms with Crippen LogP contribution in [0.3, 0.4) is 0 Å². The number of para-hydroxylation sites is 1. The van der Waals surface area contributed by atoms with Crippen molar-refractivity contribution in [1.82, 2.24) is 5.32 Å². The SMILES string of the molecule is CN(c1ccccc1)C1CNC1.Cl.Cl. The smallest absolute Gasteiger partial charge is 0.0535 e. The molecule has 1 fully saturated rings. The highest BCUT2D eigenvalue weighted by Crippen LogP contribution is 2.15. The molecule has 2 rings (SSSR count).